The number of fused-ring (bicyclic) bond motifs is 1. The molecule has 3 N–H and O–H groups in total. The van der Waals surface area contributed by atoms with E-state index in [2.05, 4.69) is 11.4 Å². The Morgan fingerprint density at radius 2 is 2.36 bits per heavy atom. The van der Waals surface area contributed by atoms with Gasteiger partial charge in [0.25, 0.3) is 0 Å². The summed E-state index contributed by atoms with van der Waals surface area (Å²) in [6, 6.07) is 0. The normalized spacial score (nSPS) is 31.1. The van der Waals surface area contributed by atoms with Gasteiger partial charge in [0.15, 0.2) is 0 Å². The lowest BCUT2D eigenvalue weighted by molar-refractivity contribution is 0.730. The summed E-state index contributed by atoms with van der Waals surface area (Å²) in [5, 5.41) is 3.19. The first-order chi connectivity index (χ1) is 6.58. The first kappa shape index (κ1) is 9.62. The molecule has 1 fully saturated rings. The maximum absolute atomic E-state index is 6.06. The smallest absolute Gasteiger partial charge is 0.106 e. The lowest BCUT2D eigenvalue weighted by atomic mass is 9.94. The molecule has 2 rings (SSSR count). The summed E-state index contributed by atoms with van der Waals surface area (Å²) >= 11 is 5.26. The van der Waals surface area contributed by atoms with E-state index in [1.807, 2.05) is 25.2 Å². The van der Waals surface area contributed by atoms with Gasteiger partial charge in [-0.05, 0) is 18.9 Å². The van der Waals surface area contributed by atoms with Crippen molar-refractivity contribution in [1.82, 2.24) is 5.32 Å². The van der Waals surface area contributed by atoms with Crippen molar-refractivity contribution < 1.29 is 0 Å². The number of thiocarbonyl (C=S) groups is 1. The van der Waals surface area contributed by atoms with E-state index >= 15 is 0 Å². The molecule has 1 unspecified atom stereocenters. The Morgan fingerprint density at radius 3 is 3.14 bits per heavy atom. The summed E-state index contributed by atoms with van der Waals surface area (Å²) in [6.07, 6.45) is 9.18. The van der Waals surface area contributed by atoms with Gasteiger partial charge in [0.2, 0.25) is 0 Å². The standard InChI is InChI=1S/C11H14N2S/c1-11(12)5-2-3-8-4-6-13-10(14)9(8)7-11/h2-3,5,7H,4,6,12H2,1H3,(H,13,14). The largest absolute Gasteiger partial charge is 0.375 e. The summed E-state index contributed by atoms with van der Waals surface area (Å²) in [7, 11) is 0. The highest BCUT2D eigenvalue weighted by atomic mass is 32.1. The second-order valence-electron chi connectivity index (χ2n) is 3.98. The minimum Gasteiger partial charge on any atom is -0.375 e. The molecule has 0 aromatic heterocycles. The van der Waals surface area contributed by atoms with Crippen molar-refractivity contribution in [2.75, 3.05) is 6.54 Å². The molecule has 1 aliphatic heterocycles. The van der Waals surface area contributed by atoms with Gasteiger partial charge in [0.1, 0.15) is 4.99 Å². The van der Waals surface area contributed by atoms with Gasteiger partial charge in [-0.15, -0.1) is 0 Å². The van der Waals surface area contributed by atoms with E-state index in [-0.39, 0.29) is 0 Å². The Bertz CT molecular complexity index is 361. The van der Waals surface area contributed by atoms with E-state index in [1.54, 1.807) is 0 Å². The van der Waals surface area contributed by atoms with Crippen LogP contribution in [0.25, 0.3) is 0 Å². The molecule has 0 bridgehead atoms. The van der Waals surface area contributed by atoms with Crippen LogP contribution in [-0.2, 0) is 0 Å². The van der Waals surface area contributed by atoms with Crippen LogP contribution in [0.4, 0.5) is 0 Å². The van der Waals surface area contributed by atoms with Gasteiger partial charge in [0, 0.05) is 12.1 Å². The van der Waals surface area contributed by atoms with Crippen LogP contribution in [0.2, 0.25) is 0 Å². The van der Waals surface area contributed by atoms with Gasteiger partial charge < -0.3 is 11.1 Å². The van der Waals surface area contributed by atoms with E-state index in [0.717, 1.165) is 23.5 Å². The SMILES string of the molecule is CC1(N)C=CC=C2CCNC(=S)C2=C1. The highest BCUT2D eigenvalue weighted by molar-refractivity contribution is 7.80. The third kappa shape index (κ3) is 1.79. The quantitative estimate of drug-likeness (QED) is 0.589. The van der Waals surface area contributed by atoms with Crippen molar-refractivity contribution in [1.29, 1.82) is 0 Å². The molecular weight excluding hydrogens is 192 g/mol. The van der Waals surface area contributed by atoms with E-state index in [4.69, 9.17) is 18.0 Å². The molecule has 0 amide bonds. The Hall–Kier alpha value is -0.930. The molecule has 1 aliphatic carbocycles. The summed E-state index contributed by atoms with van der Waals surface area (Å²) in [6.45, 7) is 2.90. The number of allylic oxidation sites excluding steroid dienone is 2. The number of hydrogen-bond donors (Lipinski definition) is 2. The molecule has 0 radical (unpaired) electrons. The number of rotatable bonds is 0. The molecule has 1 atom stereocenters. The van der Waals surface area contributed by atoms with Crippen molar-refractivity contribution in [3.05, 3.63) is 35.5 Å². The number of nitrogens with two attached hydrogens (primary N) is 1. The van der Waals surface area contributed by atoms with E-state index in [1.165, 1.54) is 5.57 Å². The molecule has 14 heavy (non-hydrogen) atoms. The van der Waals surface area contributed by atoms with Crippen LogP contribution in [0.15, 0.2) is 35.5 Å². The fraction of sp³-hybridized carbons (Fsp3) is 0.364. The van der Waals surface area contributed by atoms with Crippen molar-refractivity contribution >= 4 is 17.2 Å². The highest BCUT2D eigenvalue weighted by Gasteiger charge is 2.21. The molecule has 1 heterocycles. The van der Waals surface area contributed by atoms with Crippen LogP contribution >= 0.6 is 12.2 Å². The highest BCUT2D eigenvalue weighted by Crippen LogP contribution is 2.24. The third-order valence-corrected chi connectivity index (χ3v) is 2.84. The Morgan fingerprint density at radius 1 is 1.57 bits per heavy atom. The maximum atomic E-state index is 6.06. The topological polar surface area (TPSA) is 38.0 Å². The van der Waals surface area contributed by atoms with Crippen molar-refractivity contribution in [3.8, 4) is 0 Å². The predicted octanol–water partition coefficient (Wildman–Crippen LogP) is 1.45. The van der Waals surface area contributed by atoms with Crippen LogP contribution in [-0.4, -0.2) is 17.1 Å². The fourth-order valence-electron chi connectivity index (χ4n) is 1.75. The Labute approximate surface area is 89.6 Å². The fourth-order valence-corrected chi connectivity index (χ4v) is 2.04. The summed E-state index contributed by atoms with van der Waals surface area (Å²) in [5.41, 5.74) is 8.06. The maximum Gasteiger partial charge on any atom is 0.106 e. The molecule has 2 nitrogen and oxygen atoms in total. The first-order valence-corrected chi connectivity index (χ1v) is 5.18. The average Bonchev–Trinajstić information content (AvgIpc) is 2.24. The summed E-state index contributed by atoms with van der Waals surface area (Å²) in [5.74, 6) is 0. The molecule has 3 heteroatoms. The van der Waals surface area contributed by atoms with Gasteiger partial charge in [0.05, 0.1) is 5.54 Å². The lowest BCUT2D eigenvalue weighted by Gasteiger charge is -2.23. The number of hydrogen-bond acceptors (Lipinski definition) is 2. The molecule has 2 aliphatic rings. The van der Waals surface area contributed by atoms with E-state index in [9.17, 15) is 0 Å². The molecular formula is C11H14N2S. The Balaban J connectivity index is 2.45. The molecule has 0 aromatic rings. The zero-order valence-electron chi connectivity index (χ0n) is 8.21. The van der Waals surface area contributed by atoms with Crippen LogP contribution < -0.4 is 11.1 Å². The Kier molecular flexibility index (Phi) is 2.29. The van der Waals surface area contributed by atoms with E-state index in [0.29, 0.717) is 0 Å². The van der Waals surface area contributed by atoms with Gasteiger partial charge >= 0.3 is 0 Å². The van der Waals surface area contributed by atoms with Crippen molar-refractivity contribution in [2.45, 2.75) is 18.9 Å². The molecule has 0 aromatic carbocycles. The first-order valence-electron chi connectivity index (χ1n) is 4.77. The van der Waals surface area contributed by atoms with Crippen molar-refractivity contribution in [3.63, 3.8) is 0 Å². The monoisotopic (exact) mass is 206 g/mol. The van der Waals surface area contributed by atoms with Crippen molar-refractivity contribution in [2.24, 2.45) is 5.73 Å². The minimum absolute atomic E-state index is 0.392. The predicted molar refractivity (Wildman–Crippen MR) is 63.1 cm³/mol. The molecule has 74 valence electrons. The second kappa shape index (κ2) is 3.33. The van der Waals surface area contributed by atoms with Gasteiger partial charge in [-0.2, -0.15) is 0 Å². The van der Waals surface area contributed by atoms with Crippen LogP contribution in [0.5, 0.6) is 0 Å². The average molecular weight is 206 g/mol. The van der Waals surface area contributed by atoms with Gasteiger partial charge in [-0.3, -0.25) is 0 Å². The lowest BCUT2D eigenvalue weighted by Crippen LogP contribution is -2.35. The third-order valence-electron chi connectivity index (χ3n) is 2.48. The molecule has 0 spiro atoms. The second-order valence-corrected chi connectivity index (χ2v) is 4.39. The number of piperidine rings is 1. The van der Waals surface area contributed by atoms with Crippen LogP contribution in [0, 0.1) is 0 Å². The van der Waals surface area contributed by atoms with E-state index < -0.39 is 5.54 Å². The molecule has 1 saturated heterocycles. The van der Waals surface area contributed by atoms with Gasteiger partial charge in [-0.1, -0.05) is 36.5 Å². The zero-order valence-corrected chi connectivity index (χ0v) is 9.03. The summed E-state index contributed by atoms with van der Waals surface area (Å²) in [4.78, 5) is 0.822. The van der Waals surface area contributed by atoms with Crippen LogP contribution in [0.1, 0.15) is 13.3 Å². The van der Waals surface area contributed by atoms with Crippen LogP contribution in [0.3, 0.4) is 0 Å². The minimum atomic E-state index is -0.392. The zero-order chi connectivity index (χ0) is 10.2. The molecule has 0 saturated carbocycles. The summed E-state index contributed by atoms with van der Waals surface area (Å²) < 4.78 is 0. The van der Waals surface area contributed by atoms with Gasteiger partial charge in [-0.25, -0.2) is 0 Å². The number of nitrogens with one attached hydrogen (secondary N) is 1.